The van der Waals surface area contributed by atoms with Crippen LogP contribution in [0.15, 0.2) is 0 Å². The van der Waals surface area contributed by atoms with Gasteiger partial charge in [0.15, 0.2) is 0 Å². The Labute approximate surface area is 107 Å². The van der Waals surface area contributed by atoms with Gasteiger partial charge in [-0.05, 0) is 32.9 Å². The Morgan fingerprint density at radius 3 is 2.61 bits per heavy atom. The number of carboxylic acids is 1. The molecule has 2 N–H and O–H groups in total. The van der Waals surface area contributed by atoms with Gasteiger partial charge in [-0.3, -0.25) is 4.79 Å². The van der Waals surface area contributed by atoms with Crippen molar-refractivity contribution in [2.75, 3.05) is 33.2 Å². The number of aliphatic carboxylic acids is 1. The Kier molecular flexibility index (Phi) is 4.06. The number of nitrogens with one attached hydrogen (secondary N) is 1. The lowest BCUT2D eigenvalue weighted by molar-refractivity contribution is -0.141. The van der Waals surface area contributed by atoms with Crippen LogP contribution in [0.25, 0.3) is 0 Å². The summed E-state index contributed by atoms with van der Waals surface area (Å²) in [6.07, 6.45) is 2.67. The second kappa shape index (κ2) is 5.56. The van der Waals surface area contributed by atoms with Gasteiger partial charge < -0.3 is 20.2 Å². The van der Waals surface area contributed by atoms with Gasteiger partial charge >= 0.3 is 12.0 Å². The molecule has 2 saturated heterocycles. The van der Waals surface area contributed by atoms with Crippen molar-refractivity contribution in [1.82, 2.24) is 15.1 Å². The molecule has 0 aliphatic carbocycles. The van der Waals surface area contributed by atoms with Crippen LogP contribution in [0.3, 0.4) is 0 Å². The number of rotatable bonds is 2. The van der Waals surface area contributed by atoms with E-state index in [0.29, 0.717) is 19.5 Å². The summed E-state index contributed by atoms with van der Waals surface area (Å²) in [4.78, 5) is 26.7. The highest BCUT2D eigenvalue weighted by Gasteiger charge is 2.31. The summed E-state index contributed by atoms with van der Waals surface area (Å²) in [5, 5.41) is 11.9. The standard InChI is InChI=1S/C12H21N3O3/c1-14-5-2-3-10(8-14)13-12(18)15-6-4-9(7-15)11(16)17/h9-10H,2-8H2,1H3,(H,13,18)(H,16,17). The third kappa shape index (κ3) is 3.13. The Morgan fingerprint density at radius 1 is 1.22 bits per heavy atom. The Bertz CT molecular complexity index is 335. The van der Waals surface area contributed by atoms with Crippen LogP contribution in [-0.4, -0.2) is 66.2 Å². The minimum Gasteiger partial charge on any atom is -0.481 e. The zero-order valence-electron chi connectivity index (χ0n) is 10.8. The van der Waals surface area contributed by atoms with E-state index in [0.717, 1.165) is 25.9 Å². The van der Waals surface area contributed by atoms with Crippen LogP contribution >= 0.6 is 0 Å². The van der Waals surface area contributed by atoms with Gasteiger partial charge in [0, 0.05) is 25.7 Å². The molecule has 2 amide bonds. The molecule has 0 aromatic carbocycles. The summed E-state index contributed by atoms with van der Waals surface area (Å²) in [6, 6.07) is 0.0826. The molecule has 0 bridgehead atoms. The molecule has 2 heterocycles. The maximum atomic E-state index is 12.0. The summed E-state index contributed by atoms with van der Waals surface area (Å²) in [5.74, 6) is -1.20. The average Bonchev–Trinajstić information content (AvgIpc) is 2.78. The highest BCUT2D eigenvalue weighted by atomic mass is 16.4. The number of likely N-dealkylation sites (N-methyl/N-ethyl adjacent to an activating group) is 1. The summed E-state index contributed by atoms with van der Waals surface area (Å²) < 4.78 is 0. The molecule has 2 rings (SSSR count). The molecule has 2 fully saturated rings. The number of nitrogens with zero attached hydrogens (tertiary/aromatic N) is 2. The molecule has 2 aliphatic heterocycles. The normalized spacial score (nSPS) is 29.3. The summed E-state index contributed by atoms with van der Waals surface area (Å²) >= 11 is 0. The van der Waals surface area contributed by atoms with E-state index >= 15 is 0 Å². The first-order valence-electron chi connectivity index (χ1n) is 6.53. The highest BCUT2D eigenvalue weighted by Crippen LogP contribution is 2.17. The molecule has 0 aromatic rings. The van der Waals surface area contributed by atoms with Crippen LogP contribution in [0.4, 0.5) is 4.79 Å². The zero-order valence-corrected chi connectivity index (χ0v) is 10.8. The van der Waals surface area contributed by atoms with Crippen LogP contribution < -0.4 is 5.32 Å². The molecule has 2 aliphatic rings. The molecule has 0 saturated carbocycles. The van der Waals surface area contributed by atoms with Crippen LogP contribution in [0.2, 0.25) is 0 Å². The number of carbonyl (C=O) groups excluding carboxylic acids is 1. The molecule has 102 valence electrons. The van der Waals surface area contributed by atoms with Crippen molar-refractivity contribution >= 4 is 12.0 Å². The Hall–Kier alpha value is -1.30. The number of hydrogen-bond donors (Lipinski definition) is 2. The molecular weight excluding hydrogens is 234 g/mol. The average molecular weight is 255 g/mol. The van der Waals surface area contributed by atoms with Crippen molar-refractivity contribution in [2.45, 2.75) is 25.3 Å². The van der Waals surface area contributed by atoms with Crippen LogP contribution in [0.1, 0.15) is 19.3 Å². The molecular formula is C12H21N3O3. The Balaban J connectivity index is 1.80. The smallest absolute Gasteiger partial charge is 0.317 e. The van der Waals surface area contributed by atoms with Crippen molar-refractivity contribution in [3.63, 3.8) is 0 Å². The first kappa shape index (κ1) is 13.1. The maximum Gasteiger partial charge on any atom is 0.317 e. The van der Waals surface area contributed by atoms with Crippen molar-refractivity contribution in [3.05, 3.63) is 0 Å². The van der Waals surface area contributed by atoms with Gasteiger partial charge in [0.2, 0.25) is 0 Å². The molecule has 18 heavy (non-hydrogen) atoms. The van der Waals surface area contributed by atoms with Gasteiger partial charge in [-0.15, -0.1) is 0 Å². The van der Waals surface area contributed by atoms with Crippen LogP contribution in [0, 0.1) is 5.92 Å². The topological polar surface area (TPSA) is 72.9 Å². The highest BCUT2D eigenvalue weighted by molar-refractivity contribution is 5.77. The lowest BCUT2D eigenvalue weighted by Crippen LogP contribution is -2.50. The van der Waals surface area contributed by atoms with Crippen LogP contribution in [0.5, 0.6) is 0 Å². The summed E-state index contributed by atoms with van der Waals surface area (Å²) in [6.45, 7) is 2.84. The first-order chi connectivity index (χ1) is 8.56. The molecule has 6 nitrogen and oxygen atoms in total. The number of carboxylic acid groups (broad SMARTS) is 1. The number of carbonyl (C=O) groups is 2. The van der Waals surface area contributed by atoms with Gasteiger partial charge in [-0.1, -0.05) is 0 Å². The molecule has 2 unspecified atom stereocenters. The number of amides is 2. The second-order valence-electron chi connectivity index (χ2n) is 5.32. The van der Waals surface area contributed by atoms with Crippen molar-refractivity contribution < 1.29 is 14.7 Å². The van der Waals surface area contributed by atoms with E-state index < -0.39 is 11.9 Å². The van der Waals surface area contributed by atoms with E-state index in [1.165, 1.54) is 0 Å². The molecule has 0 radical (unpaired) electrons. The SMILES string of the molecule is CN1CCCC(NC(=O)N2CCC(C(=O)O)C2)C1. The zero-order chi connectivity index (χ0) is 13.1. The quantitative estimate of drug-likeness (QED) is 0.739. The van der Waals surface area contributed by atoms with Gasteiger partial charge in [0.1, 0.15) is 0 Å². The number of piperidine rings is 1. The van der Waals surface area contributed by atoms with E-state index in [1.807, 2.05) is 0 Å². The van der Waals surface area contributed by atoms with E-state index in [4.69, 9.17) is 5.11 Å². The van der Waals surface area contributed by atoms with Gasteiger partial charge in [0.05, 0.1) is 5.92 Å². The fourth-order valence-electron chi connectivity index (χ4n) is 2.70. The maximum absolute atomic E-state index is 12.0. The van der Waals surface area contributed by atoms with Gasteiger partial charge in [-0.2, -0.15) is 0 Å². The predicted molar refractivity (Wildman–Crippen MR) is 66.4 cm³/mol. The largest absolute Gasteiger partial charge is 0.481 e. The molecule has 6 heteroatoms. The monoisotopic (exact) mass is 255 g/mol. The number of hydrogen-bond acceptors (Lipinski definition) is 3. The lowest BCUT2D eigenvalue weighted by Gasteiger charge is -2.31. The summed E-state index contributed by atoms with van der Waals surface area (Å²) in [7, 11) is 2.05. The second-order valence-corrected chi connectivity index (χ2v) is 5.32. The van der Waals surface area contributed by atoms with Crippen molar-refractivity contribution in [2.24, 2.45) is 5.92 Å². The van der Waals surface area contributed by atoms with Crippen molar-refractivity contribution in [1.29, 1.82) is 0 Å². The first-order valence-corrected chi connectivity index (χ1v) is 6.53. The van der Waals surface area contributed by atoms with Crippen LogP contribution in [-0.2, 0) is 4.79 Å². The summed E-state index contributed by atoms with van der Waals surface area (Å²) in [5.41, 5.74) is 0. The molecule has 0 spiro atoms. The van der Waals surface area contributed by atoms with E-state index in [-0.39, 0.29) is 12.1 Å². The van der Waals surface area contributed by atoms with Gasteiger partial charge in [0.25, 0.3) is 0 Å². The minimum absolute atomic E-state index is 0.112. The molecule has 0 aromatic heterocycles. The van der Waals surface area contributed by atoms with E-state index in [2.05, 4.69) is 17.3 Å². The number of likely N-dealkylation sites (tertiary alicyclic amines) is 2. The van der Waals surface area contributed by atoms with Crippen molar-refractivity contribution in [3.8, 4) is 0 Å². The fraction of sp³-hybridized carbons (Fsp3) is 0.833. The number of urea groups is 1. The fourth-order valence-corrected chi connectivity index (χ4v) is 2.70. The third-order valence-electron chi connectivity index (χ3n) is 3.78. The lowest BCUT2D eigenvalue weighted by atomic mass is 10.1. The van der Waals surface area contributed by atoms with Gasteiger partial charge in [-0.25, -0.2) is 4.79 Å². The Morgan fingerprint density at radius 2 is 2.00 bits per heavy atom. The minimum atomic E-state index is -0.803. The van der Waals surface area contributed by atoms with E-state index in [9.17, 15) is 9.59 Å². The molecule has 2 atom stereocenters. The predicted octanol–water partition coefficient (Wildman–Crippen LogP) is 0.197. The third-order valence-corrected chi connectivity index (χ3v) is 3.78. The van der Waals surface area contributed by atoms with E-state index in [1.54, 1.807) is 4.90 Å².